The van der Waals surface area contributed by atoms with Gasteiger partial charge >= 0.3 is 5.97 Å². The number of hydrogen-bond acceptors (Lipinski definition) is 4. The lowest BCUT2D eigenvalue weighted by Crippen LogP contribution is -2.56. The number of hydrogen-bond donors (Lipinski definition) is 1. The maximum Gasteiger partial charge on any atom is 0.309 e. The lowest BCUT2D eigenvalue weighted by molar-refractivity contribution is -0.145. The van der Waals surface area contributed by atoms with Crippen molar-refractivity contribution in [3.63, 3.8) is 0 Å². The van der Waals surface area contributed by atoms with Crippen molar-refractivity contribution in [1.82, 2.24) is 9.21 Å². The second-order valence-corrected chi connectivity index (χ2v) is 8.39. The number of nitrogens with zero attached hydrogens (tertiary/aromatic N) is 2. The van der Waals surface area contributed by atoms with E-state index < -0.39 is 38.2 Å². The van der Waals surface area contributed by atoms with Crippen LogP contribution in [0.2, 0.25) is 0 Å². The highest BCUT2D eigenvalue weighted by Crippen LogP contribution is 2.43. The van der Waals surface area contributed by atoms with Crippen molar-refractivity contribution >= 4 is 21.9 Å². The van der Waals surface area contributed by atoms with Crippen LogP contribution in [-0.4, -0.2) is 60.3 Å². The highest BCUT2D eigenvalue weighted by molar-refractivity contribution is 7.89. The van der Waals surface area contributed by atoms with E-state index in [0.29, 0.717) is 0 Å². The number of halogens is 1. The molecule has 2 fully saturated rings. The van der Waals surface area contributed by atoms with Crippen molar-refractivity contribution in [2.45, 2.75) is 29.7 Å². The van der Waals surface area contributed by atoms with Crippen LogP contribution < -0.4 is 0 Å². The van der Waals surface area contributed by atoms with Gasteiger partial charge in [0.05, 0.1) is 11.5 Å². The van der Waals surface area contributed by atoms with Crippen LogP contribution in [0.4, 0.5) is 4.39 Å². The Balaban J connectivity index is 1.85. The number of carboxylic acid groups (broad SMARTS) is 1. The van der Waals surface area contributed by atoms with E-state index in [4.69, 9.17) is 0 Å². The minimum atomic E-state index is -4.00. The number of sulfonamides is 1. The van der Waals surface area contributed by atoms with Crippen molar-refractivity contribution in [3.05, 3.63) is 30.1 Å². The third-order valence-corrected chi connectivity index (χ3v) is 7.34. The van der Waals surface area contributed by atoms with Crippen molar-refractivity contribution in [1.29, 1.82) is 0 Å². The molecule has 0 radical (unpaired) electrons. The predicted molar refractivity (Wildman–Crippen MR) is 85.6 cm³/mol. The van der Waals surface area contributed by atoms with Crippen molar-refractivity contribution in [3.8, 4) is 0 Å². The molecule has 3 rings (SSSR count). The first kappa shape index (κ1) is 17.8. The van der Waals surface area contributed by atoms with Gasteiger partial charge in [-0.2, -0.15) is 4.31 Å². The van der Waals surface area contributed by atoms with Crippen molar-refractivity contribution in [2.24, 2.45) is 5.92 Å². The Bertz CT molecular complexity index is 818. The Kier molecular flexibility index (Phi) is 4.32. The Morgan fingerprint density at radius 1 is 1.28 bits per heavy atom. The molecule has 0 bridgehead atoms. The van der Waals surface area contributed by atoms with Gasteiger partial charge in [0.15, 0.2) is 0 Å². The lowest BCUT2D eigenvalue weighted by atomic mass is 9.77. The third kappa shape index (κ3) is 2.71. The van der Waals surface area contributed by atoms with E-state index in [-0.39, 0.29) is 38.3 Å². The minimum Gasteiger partial charge on any atom is -0.481 e. The van der Waals surface area contributed by atoms with Gasteiger partial charge in [-0.25, -0.2) is 12.8 Å². The lowest BCUT2D eigenvalue weighted by Gasteiger charge is -2.45. The SMILES string of the molecule is CN1C(=O)C[C@@H](C(=O)O)C12CCN(S(=O)(=O)c1ccccc1F)CC2. The molecule has 1 N–H and O–H groups in total. The quantitative estimate of drug-likeness (QED) is 0.853. The van der Waals surface area contributed by atoms with E-state index in [1.165, 1.54) is 23.1 Å². The zero-order valence-electron chi connectivity index (χ0n) is 13.7. The highest BCUT2D eigenvalue weighted by Gasteiger charge is 2.56. The van der Waals surface area contributed by atoms with Gasteiger partial charge in [0.25, 0.3) is 0 Å². The number of amides is 1. The fraction of sp³-hybridized carbons (Fsp3) is 0.500. The van der Waals surface area contributed by atoms with Gasteiger partial charge in [-0.1, -0.05) is 12.1 Å². The summed E-state index contributed by atoms with van der Waals surface area (Å²) in [4.78, 5) is 24.6. The van der Waals surface area contributed by atoms with Crippen LogP contribution >= 0.6 is 0 Å². The molecule has 1 aromatic rings. The monoisotopic (exact) mass is 370 g/mol. The van der Waals surface area contributed by atoms with E-state index in [9.17, 15) is 27.5 Å². The smallest absolute Gasteiger partial charge is 0.309 e. The summed E-state index contributed by atoms with van der Waals surface area (Å²) >= 11 is 0. The molecule has 0 aromatic heterocycles. The molecular weight excluding hydrogens is 351 g/mol. The number of rotatable bonds is 3. The van der Waals surface area contributed by atoms with Gasteiger partial charge in [-0.3, -0.25) is 9.59 Å². The molecule has 9 heteroatoms. The largest absolute Gasteiger partial charge is 0.481 e. The van der Waals surface area contributed by atoms with Crippen LogP contribution in [0.25, 0.3) is 0 Å². The molecule has 2 heterocycles. The number of likely N-dealkylation sites (tertiary alicyclic amines) is 1. The van der Waals surface area contributed by atoms with E-state index in [2.05, 4.69) is 0 Å². The normalized spacial score (nSPS) is 24.0. The molecule has 1 atom stereocenters. The molecule has 1 aromatic carbocycles. The Morgan fingerprint density at radius 3 is 2.44 bits per heavy atom. The Hall–Kier alpha value is -2.00. The maximum absolute atomic E-state index is 13.9. The standard InChI is InChI=1S/C16H19FN2O5S/c1-18-14(20)10-11(15(21)22)16(18)6-8-19(9-7-16)25(23,24)13-5-3-2-4-12(13)17/h2-5,11H,6-10H2,1H3,(H,21,22)/t11-/m0/s1. The van der Waals surface area contributed by atoms with Gasteiger partial charge in [0.2, 0.25) is 15.9 Å². The molecule has 2 saturated heterocycles. The average Bonchev–Trinajstić information content (AvgIpc) is 2.81. The molecule has 2 aliphatic heterocycles. The van der Waals surface area contributed by atoms with Crippen LogP contribution in [0.5, 0.6) is 0 Å². The summed E-state index contributed by atoms with van der Waals surface area (Å²) < 4.78 is 40.4. The summed E-state index contributed by atoms with van der Waals surface area (Å²) in [5.41, 5.74) is -0.885. The first-order valence-corrected chi connectivity index (χ1v) is 9.38. The summed E-state index contributed by atoms with van der Waals surface area (Å²) in [5.74, 6) is -2.98. The molecule has 2 aliphatic rings. The molecule has 136 valence electrons. The molecule has 1 amide bonds. The molecule has 0 saturated carbocycles. The highest BCUT2D eigenvalue weighted by atomic mass is 32.2. The van der Waals surface area contributed by atoms with Crippen molar-refractivity contribution < 1.29 is 27.5 Å². The average molecular weight is 370 g/mol. The van der Waals surface area contributed by atoms with Crippen LogP contribution in [0.15, 0.2) is 29.2 Å². The van der Waals surface area contributed by atoms with Crippen molar-refractivity contribution in [2.75, 3.05) is 20.1 Å². The third-order valence-electron chi connectivity index (χ3n) is 5.41. The summed E-state index contributed by atoms with van der Waals surface area (Å²) in [7, 11) is -2.44. The van der Waals surface area contributed by atoms with Gasteiger partial charge in [0.1, 0.15) is 10.7 Å². The number of benzene rings is 1. The van der Waals surface area contributed by atoms with E-state index in [1.54, 1.807) is 7.05 Å². The van der Waals surface area contributed by atoms with Gasteiger partial charge < -0.3 is 10.0 Å². The molecular formula is C16H19FN2O5S. The minimum absolute atomic E-state index is 0.0397. The van der Waals surface area contributed by atoms with Crippen LogP contribution in [0.1, 0.15) is 19.3 Å². The second kappa shape index (κ2) is 6.06. The van der Waals surface area contributed by atoms with Crippen LogP contribution in [0, 0.1) is 11.7 Å². The van der Waals surface area contributed by atoms with E-state index in [0.717, 1.165) is 10.4 Å². The number of carbonyl (C=O) groups is 2. The van der Waals surface area contributed by atoms with E-state index >= 15 is 0 Å². The van der Waals surface area contributed by atoms with Gasteiger partial charge in [-0.15, -0.1) is 0 Å². The second-order valence-electron chi connectivity index (χ2n) is 6.49. The van der Waals surface area contributed by atoms with Gasteiger partial charge in [-0.05, 0) is 25.0 Å². The predicted octanol–water partition coefficient (Wildman–Crippen LogP) is 0.912. The molecule has 7 nitrogen and oxygen atoms in total. The summed E-state index contributed by atoms with van der Waals surface area (Å²) in [6, 6.07) is 5.16. The molecule has 0 aliphatic carbocycles. The summed E-state index contributed by atoms with van der Waals surface area (Å²) in [6.45, 7) is 0.0795. The number of aliphatic carboxylic acids is 1. The fourth-order valence-electron chi connectivity index (χ4n) is 3.89. The number of carboxylic acids is 1. The molecule has 0 unspecified atom stereocenters. The molecule has 25 heavy (non-hydrogen) atoms. The zero-order valence-corrected chi connectivity index (χ0v) is 14.5. The number of carbonyl (C=O) groups excluding carboxylic acids is 1. The van der Waals surface area contributed by atoms with E-state index in [1.807, 2.05) is 0 Å². The van der Waals surface area contributed by atoms with Gasteiger partial charge in [0, 0.05) is 26.6 Å². The number of piperidine rings is 1. The first-order valence-electron chi connectivity index (χ1n) is 7.94. The fourth-order valence-corrected chi connectivity index (χ4v) is 5.40. The maximum atomic E-state index is 13.9. The first-order chi connectivity index (χ1) is 11.7. The molecule has 1 spiro atoms. The summed E-state index contributed by atoms with van der Waals surface area (Å²) in [6.07, 6.45) is 0.339. The topological polar surface area (TPSA) is 95.0 Å². The van der Waals surface area contributed by atoms with Crippen LogP contribution in [0.3, 0.4) is 0 Å². The Labute approximate surface area is 145 Å². The Morgan fingerprint density at radius 2 is 1.88 bits per heavy atom. The summed E-state index contributed by atoms with van der Waals surface area (Å²) in [5, 5.41) is 9.45. The van der Waals surface area contributed by atoms with Crippen LogP contribution in [-0.2, 0) is 19.6 Å². The zero-order chi connectivity index (χ0) is 18.4.